The summed E-state index contributed by atoms with van der Waals surface area (Å²) in [4.78, 5) is 12.2. The van der Waals surface area contributed by atoms with E-state index in [1.165, 1.54) is 10.7 Å². The Bertz CT molecular complexity index is 611. The number of benzene rings is 1. The lowest BCUT2D eigenvalue weighted by atomic mass is 10.1. The molecular weight excluding hydrogens is 230 g/mol. The zero-order valence-corrected chi connectivity index (χ0v) is 10.5. The van der Waals surface area contributed by atoms with Crippen LogP contribution in [0.2, 0.25) is 0 Å². The smallest absolute Gasteiger partial charge is 0.275 e. The van der Waals surface area contributed by atoms with Crippen molar-refractivity contribution >= 4 is 0 Å². The van der Waals surface area contributed by atoms with Crippen LogP contribution in [0.3, 0.4) is 0 Å². The molecule has 0 fully saturated rings. The Labute approximate surface area is 105 Å². The number of phenolic OH excluding ortho intramolecular Hbond substituents is 1. The number of hydrogen-bond donors (Lipinski definition) is 3. The van der Waals surface area contributed by atoms with Crippen LogP contribution in [0.4, 0.5) is 0 Å². The molecule has 0 saturated heterocycles. The van der Waals surface area contributed by atoms with Gasteiger partial charge in [-0.05, 0) is 18.1 Å². The molecular formula is C13H17N3O2. The van der Waals surface area contributed by atoms with Crippen LogP contribution in [0.15, 0.2) is 29.1 Å². The Kier molecular flexibility index (Phi) is 3.25. The minimum Gasteiger partial charge on any atom is -0.508 e. The molecule has 2 aromatic rings. The molecule has 5 nitrogen and oxygen atoms in total. The van der Waals surface area contributed by atoms with Crippen molar-refractivity contribution in [2.24, 2.45) is 5.73 Å². The van der Waals surface area contributed by atoms with Crippen molar-refractivity contribution in [1.29, 1.82) is 0 Å². The van der Waals surface area contributed by atoms with E-state index in [-0.39, 0.29) is 23.8 Å². The van der Waals surface area contributed by atoms with Crippen LogP contribution in [0.1, 0.15) is 31.0 Å². The predicted molar refractivity (Wildman–Crippen MR) is 70.0 cm³/mol. The van der Waals surface area contributed by atoms with Gasteiger partial charge in [-0.3, -0.25) is 9.89 Å². The number of aromatic nitrogens is 2. The van der Waals surface area contributed by atoms with Crippen molar-refractivity contribution in [3.8, 4) is 11.4 Å². The van der Waals surface area contributed by atoms with Gasteiger partial charge in [0.05, 0.1) is 11.3 Å². The lowest BCUT2D eigenvalue weighted by molar-refractivity contribution is 0.474. The highest BCUT2D eigenvalue weighted by molar-refractivity contribution is 5.39. The highest BCUT2D eigenvalue weighted by atomic mass is 16.3. The largest absolute Gasteiger partial charge is 0.508 e. The highest BCUT2D eigenvalue weighted by Crippen LogP contribution is 2.18. The Morgan fingerprint density at radius 3 is 2.67 bits per heavy atom. The van der Waals surface area contributed by atoms with Crippen LogP contribution in [-0.4, -0.2) is 14.9 Å². The van der Waals surface area contributed by atoms with Crippen LogP contribution in [-0.2, 0) is 6.54 Å². The zero-order chi connectivity index (χ0) is 13.3. The molecule has 0 saturated carbocycles. The molecule has 0 aliphatic heterocycles. The Morgan fingerprint density at radius 1 is 1.44 bits per heavy atom. The van der Waals surface area contributed by atoms with Gasteiger partial charge in [-0.25, -0.2) is 4.68 Å². The molecule has 5 heteroatoms. The van der Waals surface area contributed by atoms with E-state index in [1.54, 1.807) is 18.2 Å². The molecule has 2 rings (SSSR count). The van der Waals surface area contributed by atoms with Crippen LogP contribution in [0.5, 0.6) is 5.75 Å². The molecule has 0 aliphatic carbocycles. The number of nitrogens with one attached hydrogen (secondary N) is 1. The maximum atomic E-state index is 12.2. The van der Waals surface area contributed by atoms with Crippen molar-refractivity contribution in [2.45, 2.75) is 26.3 Å². The second-order valence-corrected chi connectivity index (χ2v) is 4.52. The fourth-order valence-electron chi connectivity index (χ4n) is 1.98. The van der Waals surface area contributed by atoms with Crippen molar-refractivity contribution in [2.75, 3.05) is 0 Å². The molecule has 18 heavy (non-hydrogen) atoms. The van der Waals surface area contributed by atoms with Crippen molar-refractivity contribution in [3.05, 3.63) is 45.9 Å². The molecule has 0 radical (unpaired) electrons. The van der Waals surface area contributed by atoms with Gasteiger partial charge >= 0.3 is 0 Å². The van der Waals surface area contributed by atoms with Gasteiger partial charge in [0.1, 0.15) is 5.75 Å². The van der Waals surface area contributed by atoms with Gasteiger partial charge < -0.3 is 10.8 Å². The summed E-state index contributed by atoms with van der Waals surface area (Å²) < 4.78 is 1.41. The maximum absolute atomic E-state index is 12.2. The number of aromatic amines is 1. The molecule has 1 aromatic heterocycles. The van der Waals surface area contributed by atoms with Gasteiger partial charge in [-0.2, -0.15) is 0 Å². The van der Waals surface area contributed by atoms with Gasteiger partial charge in [0.25, 0.3) is 5.56 Å². The fraction of sp³-hybridized carbons (Fsp3) is 0.308. The summed E-state index contributed by atoms with van der Waals surface area (Å²) in [6.45, 7) is 4.20. The average Bonchev–Trinajstić information content (AvgIpc) is 2.66. The third kappa shape index (κ3) is 2.04. The minimum atomic E-state index is -0.160. The van der Waals surface area contributed by atoms with Gasteiger partial charge in [-0.1, -0.05) is 19.9 Å². The maximum Gasteiger partial charge on any atom is 0.275 e. The molecule has 1 heterocycles. The summed E-state index contributed by atoms with van der Waals surface area (Å²) >= 11 is 0. The summed E-state index contributed by atoms with van der Waals surface area (Å²) in [5, 5.41) is 12.5. The number of rotatable bonds is 3. The summed E-state index contributed by atoms with van der Waals surface area (Å²) in [5.74, 6) is 0.309. The van der Waals surface area contributed by atoms with E-state index in [0.717, 1.165) is 5.69 Å². The van der Waals surface area contributed by atoms with Crippen molar-refractivity contribution in [1.82, 2.24) is 9.78 Å². The molecule has 0 unspecified atom stereocenters. The average molecular weight is 247 g/mol. The summed E-state index contributed by atoms with van der Waals surface area (Å²) in [5.41, 5.74) is 7.50. The SMILES string of the molecule is CC(C)c1[nH]n(-c2cccc(O)c2)c(=O)c1CN. The number of phenols is 1. The molecule has 0 spiro atoms. The first-order chi connectivity index (χ1) is 8.54. The monoisotopic (exact) mass is 247 g/mol. The molecule has 0 atom stereocenters. The lowest BCUT2D eigenvalue weighted by Gasteiger charge is -2.04. The molecule has 96 valence electrons. The first-order valence-electron chi connectivity index (χ1n) is 5.88. The summed E-state index contributed by atoms with van der Waals surface area (Å²) in [6.07, 6.45) is 0. The minimum absolute atomic E-state index is 0.120. The van der Waals surface area contributed by atoms with E-state index in [2.05, 4.69) is 5.10 Å². The van der Waals surface area contributed by atoms with Crippen LogP contribution in [0, 0.1) is 0 Å². The topological polar surface area (TPSA) is 84.0 Å². The second-order valence-electron chi connectivity index (χ2n) is 4.52. The van der Waals surface area contributed by atoms with E-state index in [9.17, 15) is 9.90 Å². The number of nitrogens with zero attached hydrogens (tertiary/aromatic N) is 1. The first kappa shape index (κ1) is 12.4. The van der Waals surface area contributed by atoms with E-state index in [0.29, 0.717) is 11.3 Å². The van der Waals surface area contributed by atoms with Gasteiger partial charge in [0.2, 0.25) is 0 Å². The zero-order valence-electron chi connectivity index (χ0n) is 10.5. The number of H-pyrrole nitrogens is 1. The van der Waals surface area contributed by atoms with Gasteiger partial charge in [-0.15, -0.1) is 0 Å². The Morgan fingerprint density at radius 2 is 2.17 bits per heavy atom. The fourth-order valence-corrected chi connectivity index (χ4v) is 1.98. The van der Waals surface area contributed by atoms with Crippen LogP contribution >= 0.6 is 0 Å². The highest BCUT2D eigenvalue weighted by Gasteiger charge is 2.16. The van der Waals surface area contributed by atoms with Gasteiger partial charge in [0, 0.05) is 18.3 Å². The normalized spacial score (nSPS) is 11.1. The van der Waals surface area contributed by atoms with Crippen LogP contribution < -0.4 is 11.3 Å². The lowest BCUT2D eigenvalue weighted by Crippen LogP contribution is -2.19. The molecule has 0 aliphatic rings. The number of nitrogens with two attached hydrogens (primary N) is 1. The molecule has 0 bridgehead atoms. The summed E-state index contributed by atoms with van der Waals surface area (Å²) in [6, 6.07) is 6.53. The third-order valence-corrected chi connectivity index (χ3v) is 2.89. The van der Waals surface area contributed by atoms with Gasteiger partial charge in [0.15, 0.2) is 0 Å². The quantitative estimate of drug-likeness (QED) is 0.767. The predicted octanol–water partition coefficient (Wildman–Crippen LogP) is 1.45. The van der Waals surface area contributed by atoms with E-state index >= 15 is 0 Å². The Balaban J connectivity index is 2.63. The number of hydrogen-bond acceptors (Lipinski definition) is 3. The number of aromatic hydroxyl groups is 1. The Hall–Kier alpha value is -2.01. The summed E-state index contributed by atoms with van der Waals surface area (Å²) in [7, 11) is 0. The van der Waals surface area contributed by atoms with E-state index in [4.69, 9.17) is 5.73 Å². The standard InChI is InChI=1S/C13H17N3O2/c1-8(2)12-11(7-14)13(18)16(15-12)9-4-3-5-10(17)6-9/h3-6,8,15,17H,7,14H2,1-2H3. The van der Waals surface area contributed by atoms with Crippen molar-refractivity contribution in [3.63, 3.8) is 0 Å². The third-order valence-electron chi connectivity index (χ3n) is 2.89. The van der Waals surface area contributed by atoms with Crippen LogP contribution in [0.25, 0.3) is 5.69 Å². The van der Waals surface area contributed by atoms with E-state index < -0.39 is 0 Å². The van der Waals surface area contributed by atoms with Crippen molar-refractivity contribution < 1.29 is 5.11 Å². The molecule has 0 amide bonds. The second kappa shape index (κ2) is 4.70. The first-order valence-corrected chi connectivity index (χ1v) is 5.88. The molecule has 1 aromatic carbocycles. The van der Waals surface area contributed by atoms with E-state index in [1.807, 2.05) is 13.8 Å². The molecule has 4 N–H and O–H groups in total.